The van der Waals surface area contributed by atoms with Crippen LogP contribution in [0.15, 0.2) is 35.6 Å². The summed E-state index contributed by atoms with van der Waals surface area (Å²) < 4.78 is 5.80. The Kier molecular flexibility index (Phi) is 2.99. The maximum atomic E-state index is 10.7. The lowest BCUT2D eigenvalue weighted by atomic mass is 9.98. The number of rotatable bonds is 2. The number of benzene rings is 1. The summed E-state index contributed by atoms with van der Waals surface area (Å²) in [7, 11) is 0. The normalized spacial score (nSPS) is 27.3. The topological polar surface area (TPSA) is 52.9 Å². The molecule has 19 heavy (non-hydrogen) atoms. The van der Waals surface area contributed by atoms with Gasteiger partial charge in [-0.25, -0.2) is 0 Å². The van der Waals surface area contributed by atoms with E-state index in [2.05, 4.69) is 11.8 Å². The van der Waals surface area contributed by atoms with Gasteiger partial charge >= 0.3 is 0 Å². The lowest BCUT2D eigenvalue weighted by Crippen LogP contribution is -2.30. The van der Waals surface area contributed by atoms with Gasteiger partial charge in [-0.1, -0.05) is 6.92 Å². The van der Waals surface area contributed by atoms with Crippen LogP contribution in [0.4, 0.5) is 0 Å². The summed E-state index contributed by atoms with van der Waals surface area (Å²) in [5.41, 5.74) is 1.89. The van der Waals surface area contributed by atoms with Crippen LogP contribution in [0, 0.1) is 0 Å². The van der Waals surface area contributed by atoms with E-state index in [1.54, 1.807) is 24.3 Å². The Morgan fingerprint density at radius 2 is 2.05 bits per heavy atom. The van der Waals surface area contributed by atoms with E-state index in [1.807, 2.05) is 0 Å². The highest BCUT2D eigenvalue weighted by atomic mass is 16.6. The van der Waals surface area contributed by atoms with Crippen LogP contribution in [0.3, 0.4) is 0 Å². The second kappa shape index (κ2) is 4.54. The molecule has 0 saturated carbocycles. The SMILES string of the molecule is CCN1CCC2=C(C1)CC(O)(c1ccc(O)cc1)O2. The zero-order valence-electron chi connectivity index (χ0n) is 11.1. The molecule has 4 heteroatoms. The Balaban J connectivity index is 1.81. The van der Waals surface area contributed by atoms with Crippen molar-refractivity contribution in [2.45, 2.75) is 25.6 Å². The highest BCUT2D eigenvalue weighted by Gasteiger charge is 2.42. The second-order valence-corrected chi connectivity index (χ2v) is 5.26. The van der Waals surface area contributed by atoms with Gasteiger partial charge in [0.1, 0.15) is 11.5 Å². The Labute approximate surface area is 112 Å². The maximum absolute atomic E-state index is 10.7. The smallest absolute Gasteiger partial charge is 0.238 e. The van der Waals surface area contributed by atoms with E-state index in [-0.39, 0.29) is 5.75 Å². The number of hydrogen-bond acceptors (Lipinski definition) is 4. The molecule has 0 amide bonds. The van der Waals surface area contributed by atoms with Gasteiger partial charge in [0.25, 0.3) is 0 Å². The molecule has 1 atom stereocenters. The average molecular weight is 261 g/mol. The monoisotopic (exact) mass is 261 g/mol. The standard InChI is InChI=1S/C15H19NO3/c1-2-16-8-7-14-11(10-16)9-15(18,19-14)12-3-5-13(17)6-4-12/h3-6,17-18H,2,7-10H2,1H3. The van der Waals surface area contributed by atoms with Crippen molar-refractivity contribution < 1.29 is 14.9 Å². The van der Waals surface area contributed by atoms with Crippen LogP contribution >= 0.6 is 0 Å². The van der Waals surface area contributed by atoms with E-state index in [1.165, 1.54) is 5.57 Å². The number of likely N-dealkylation sites (N-methyl/N-ethyl adjacent to an activating group) is 1. The van der Waals surface area contributed by atoms with Crippen molar-refractivity contribution in [1.29, 1.82) is 0 Å². The lowest BCUT2D eigenvalue weighted by molar-refractivity contribution is -0.170. The van der Waals surface area contributed by atoms with E-state index in [9.17, 15) is 10.2 Å². The van der Waals surface area contributed by atoms with Gasteiger partial charge in [0.2, 0.25) is 5.79 Å². The number of aromatic hydroxyl groups is 1. The third kappa shape index (κ3) is 2.22. The van der Waals surface area contributed by atoms with E-state index in [0.717, 1.165) is 31.8 Å². The van der Waals surface area contributed by atoms with Gasteiger partial charge in [-0.3, -0.25) is 4.90 Å². The predicted octanol–water partition coefficient (Wildman–Crippen LogP) is 1.94. The van der Waals surface area contributed by atoms with Crippen molar-refractivity contribution in [3.8, 4) is 5.75 Å². The van der Waals surface area contributed by atoms with Crippen LogP contribution < -0.4 is 0 Å². The lowest BCUT2D eigenvalue weighted by Gasteiger charge is -2.25. The van der Waals surface area contributed by atoms with Crippen LogP contribution in [0.5, 0.6) is 5.75 Å². The molecule has 0 aliphatic carbocycles. The predicted molar refractivity (Wildman–Crippen MR) is 71.5 cm³/mol. The Morgan fingerprint density at radius 3 is 2.74 bits per heavy atom. The van der Waals surface area contributed by atoms with E-state index < -0.39 is 5.79 Å². The quantitative estimate of drug-likeness (QED) is 0.854. The largest absolute Gasteiger partial charge is 0.508 e. The Bertz CT molecular complexity index is 509. The molecule has 3 rings (SSSR count). The van der Waals surface area contributed by atoms with Crippen LogP contribution in [0.1, 0.15) is 25.3 Å². The molecule has 1 aromatic rings. The minimum atomic E-state index is -1.26. The maximum Gasteiger partial charge on any atom is 0.238 e. The van der Waals surface area contributed by atoms with Crippen LogP contribution in [0.25, 0.3) is 0 Å². The van der Waals surface area contributed by atoms with Crippen molar-refractivity contribution in [3.63, 3.8) is 0 Å². The summed E-state index contributed by atoms with van der Waals surface area (Å²) >= 11 is 0. The first-order valence-corrected chi connectivity index (χ1v) is 6.75. The van der Waals surface area contributed by atoms with Crippen molar-refractivity contribution in [2.24, 2.45) is 0 Å². The Morgan fingerprint density at radius 1 is 1.32 bits per heavy atom. The molecule has 0 radical (unpaired) electrons. The summed E-state index contributed by atoms with van der Waals surface area (Å²) in [5, 5.41) is 20.0. The number of nitrogens with zero attached hydrogens (tertiary/aromatic N) is 1. The van der Waals surface area contributed by atoms with Gasteiger partial charge in [-0.2, -0.15) is 0 Å². The number of phenolic OH excluding ortho intramolecular Hbond substituents is 1. The molecule has 0 fully saturated rings. The van der Waals surface area contributed by atoms with Gasteiger partial charge in [0.15, 0.2) is 0 Å². The number of hydrogen-bond donors (Lipinski definition) is 2. The van der Waals surface area contributed by atoms with Crippen molar-refractivity contribution in [1.82, 2.24) is 4.90 Å². The molecule has 2 aliphatic heterocycles. The Hall–Kier alpha value is -1.52. The summed E-state index contributed by atoms with van der Waals surface area (Å²) in [6.07, 6.45) is 1.38. The summed E-state index contributed by atoms with van der Waals surface area (Å²) in [4.78, 5) is 2.35. The number of ether oxygens (including phenoxy) is 1. The van der Waals surface area contributed by atoms with Crippen LogP contribution in [-0.4, -0.2) is 34.7 Å². The third-order valence-electron chi connectivity index (χ3n) is 3.97. The molecular weight excluding hydrogens is 242 g/mol. The molecule has 2 heterocycles. The van der Waals surface area contributed by atoms with Gasteiger partial charge < -0.3 is 14.9 Å². The zero-order chi connectivity index (χ0) is 13.5. The average Bonchev–Trinajstić information content (AvgIpc) is 2.75. The van der Waals surface area contributed by atoms with Gasteiger partial charge in [-0.05, 0) is 36.4 Å². The first kappa shape index (κ1) is 12.5. The summed E-state index contributed by atoms with van der Waals surface area (Å²) in [6, 6.07) is 6.58. The minimum Gasteiger partial charge on any atom is -0.508 e. The highest BCUT2D eigenvalue weighted by Crippen LogP contribution is 2.42. The van der Waals surface area contributed by atoms with E-state index in [4.69, 9.17) is 4.74 Å². The fourth-order valence-corrected chi connectivity index (χ4v) is 2.83. The summed E-state index contributed by atoms with van der Waals surface area (Å²) in [5.74, 6) is -0.122. The summed E-state index contributed by atoms with van der Waals surface area (Å²) in [6.45, 7) is 5.04. The van der Waals surface area contributed by atoms with Crippen LogP contribution in [-0.2, 0) is 10.5 Å². The first-order valence-electron chi connectivity index (χ1n) is 6.75. The zero-order valence-corrected chi connectivity index (χ0v) is 11.1. The number of aliphatic hydroxyl groups is 1. The van der Waals surface area contributed by atoms with E-state index >= 15 is 0 Å². The molecule has 102 valence electrons. The molecule has 4 nitrogen and oxygen atoms in total. The fourth-order valence-electron chi connectivity index (χ4n) is 2.83. The third-order valence-corrected chi connectivity index (χ3v) is 3.97. The van der Waals surface area contributed by atoms with Gasteiger partial charge in [0, 0.05) is 31.5 Å². The molecule has 0 saturated heterocycles. The highest BCUT2D eigenvalue weighted by molar-refractivity contribution is 5.33. The number of phenols is 1. The van der Waals surface area contributed by atoms with Crippen molar-refractivity contribution in [3.05, 3.63) is 41.2 Å². The van der Waals surface area contributed by atoms with Crippen LogP contribution in [0.2, 0.25) is 0 Å². The van der Waals surface area contributed by atoms with Gasteiger partial charge in [-0.15, -0.1) is 0 Å². The molecule has 0 aromatic heterocycles. The first-order chi connectivity index (χ1) is 9.10. The molecule has 1 aromatic carbocycles. The molecule has 0 bridgehead atoms. The molecule has 2 aliphatic rings. The van der Waals surface area contributed by atoms with Gasteiger partial charge in [0.05, 0.1) is 0 Å². The fraction of sp³-hybridized carbons (Fsp3) is 0.467. The van der Waals surface area contributed by atoms with Crippen molar-refractivity contribution in [2.75, 3.05) is 19.6 Å². The second-order valence-electron chi connectivity index (χ2n) is 5.26. The van der Waals surface area contributed by atoms with E-state index in [0.29, 0.717) is 12.0 Å². The van der Waals surface area contributed by atoms with Crippen molar-refractivity contribution >= 4 is 0 Å². The molecule has 2 N–H and O–H groups in total. The molecular formula is C15H19NO3. The minimum absolute atomic E-state index is 0.195. The molecule has 0 spiro atoms. The molecule has 1 unspecified atom stereocenters.